The molecule has 1 atom stereocenters. The fourth-order valence-electron chi connectivity index (χ4n) is 3.65. The number of thiazole rings is 1. The minimum atomic E-state index is 0.111. The van der Waals surface area contributed by atoms with E-state index in [-0.39, 0.29) is 11.8 Å². The Hall–Kier alpha value is -2.21. The van der Waals surface area contributed by atoms with Crippen molar-refractivity contribution in [3.05, 3.63) is 45.2 Å². The number of carbonyl (C=O) groups is 1. The zero-order valence-electron chi connectivity index (χ0n) is 14.8. The number of aromatic nitrogens is 3. The maximum Gasteiger partial charge on any atom is 0.265 e. The number of rotatable bonds is 2. The smallest absolute Gasteiger partial charge is 0.265 e. The third-order valence-electron chi connectivity index (χ3n) is 4.93. The van der Waals surface area contributed by atoms with E-state index in [2.05, 4.69) is 29.0 Å². The van der Waals surface area contributed by atoms with E-state index in [0.717, 1.165) is 51.8 Å². The van der Waals surface area contributed by atoms with Crippen LogP contribution in [0.4, 0.5) is 0 Å². The molecular weight excluding hydrogens is 332 g/mol. The summed E-state index contributed by atoms with van der Waals surface area (Å²) in [4.78, 5) is 28.3. The molecule has 130 valence electrons. The number of para-hydroxylation sites is 1. The Morgan fingerprint density at radius 3 is 2.84 bits per heavy atom. The average Bonchev–Trinajstić information content (AvgIpc) is 3.18. The Bertz CT molecular complexity index is 942. The number of aromatic amines is 1. The van der Waals surface area contributed by atoms with Crippen molar-refractivity contribution in [3.8, 4) is 0 Å². The van der Waals surface area contributed by atoms with Gasteiger partial charge in [0.15, 0.2) is 0 Å². The van der Waals surface area contributed by atoms with Crippen molar-refractivity contribution < 1.29 is 4.79 Å². The normalized spacial score (nSPS) is 18.0. The number of nitrogens with zero attached hydrogens (tertiary/aromatic N) is 3. The first kappa shape index (κ1) is 16.3. The fraction of sp³-hybridized carbons (Fsp3) is 0.421. The molecule has 0 unspecified atom stereocenters. The lowest BCUT2D eigenvalue weighted by Crippen LogP contribution is -2.39. The summed E-state index contributed by atoms with van der Waals surface area (Å²) in [6.45, 7) is 7.47. The van der Waals surface area contributed by atoms with Crippen LogP contribution in [0.2, 0.25) is 0 Å². The number of likely N-dealkylation sites (tertiary alicyclic amines) is 1. The van der Waals surface area contributed by atoms with Gasteiger partial charge in [-0.05, 0) is 45.2 Å². The van der Waals surface area contributed by atoms with E-state index in [1.54, 1.807) is 0 Å². The molecule has 4 rings (SSSR count). The fourth-order valence-corrected chi connectivity index (χ4v) is 4.53. The summed E-state index contributed by atoms with van der Waals surface area (Å²) in [7, 11) is 0. The maximum absolute atomic E-state index is 12.9. The molecule has 0 bridgehead atoms. The molecule has 1 aliphatic heterocycles. The molecular formula is C19H22N4OS. The Labute approximate surface area is 151 Å². The molecule has 0 radical (unpaired) electrons. The van der Waals surface area contributed by atoms with Crippen molar-refractivity contribution in [2.45, 2.75) is 39.5 Å². The average molecular weight is 354 g/mol. The predicted molar refractivity (Wildman–Crippen MR) is 100 cm³/mol. The lowest BCUT2D eigenvalue weighted by atomic mass is 9.97. The number of amides is 1. The standard InChI is InChI=1S/C19H22N4OS/c1-11-6-4-8-15-16(11)22-18(21-15)14-7-5-9-23(10-14)19(24)17-12(2)20-13(3)25-17/h4,6,8,14H,5,7,9-10H2,1-3H3,(H,21,22)/t14-/m0/s1. The highest BCUT2D eigenvalue weighted by Crippen LogP contribution is 2.29. The van der Waals surface area contributed by atoms with Crippen LogP contribution in [0.3, 0.4) is 0 Å². The summed E-state index contributed by atoms with van der Waals surface area (Å²) in [6.07, 6.45) is 2.06. The van der Waals surface area contributed by atoms with E-state index in [0.29, 0.717) is 6.54 Å². The number of imidazole rings is 1. The molecule has 0 aliphatic carbocycles. The van der Waals surface area contributed by atoms with Crippen molar-refractivity contribution in [2.24, 2.45) is 0 Å². The van der Waals surface area contributed by atoms with Crippen LogP contribution in [0.25, 0.3) is 11.0 Å². The summed E-state index contributed by atoms with van der Waals surface area (Å²) in [5.41, 5.74) is 4.13. The van der Waals surface area contributed by atoms with Crippen LogP contribution in [-0.4, -0.2) is 38.8 Å². The molecule has 1 fully saturated rings. The van der Waals surface area contributed by atoms with Crippen molar-refractivity contribution in [3.63, 3.8) is 0 Å². The summed E-state index contributed by atoms with van der Waals surface area (Å²) >= 11 is 1.49. The van der Waals surface area contributed by atoms with Gasteiger partial charge >= 0.3 is 0 Å². The van der Waals surface area contributed by atoms with Crippen molar-refractivity contribution in [1.82, 2.24) is 19.9 Å². The predicted octanol–water partition coefficient (Wildman–Crippen LogP) is 3.96. The van der Waals surface area contributed by atoms with Gasteiger partial charge in [-0.3, -0.25) is 4.79 Å². The molecule has 3 aromatic rings. The highest BCUT2D eigenvalue weighted by Gasteiger charge is 2.29. The van der Waals surface area contributed by atoms with Crippen LogP contribution in [-0.2, 0) is 0 Å². The molecule has 2 aromatic heterocycles. The summed E-state index contributed by atoms with van der Waals surface area (Å²) in [5.74, 6) is 1.37. The topological polar surface area (TPSA) is 61.9 Å². The first-order valence-electron chi connectivity index (χ1n) is 8.71. The second kappa shape index (κ2) is 6.26. The van der Waals surface area contributed by atoms with Crippen LogP contribution in [0.15, 0.2) is 18.2 Å². The van der Waals surface area contributed by atoms with Crippen LogP contribution in [0, 0.1) is 20.8 Å². The molecule has 1 aromatic carbocycles. The van der Waals surface area contributed by atoms with Gasteiger partial charge in [0, 0.05) is 19.0 Å². The van der Waals surface area contributed by atoms with Gasteiger partial charge in [0.25, 0.3) is 5.91 Å². The van der Waals surface area contributed by atoms with Gasteiger partial charge in [-0.2, -0.15) is 0 Å². The van der Waals surface area contributed by atoms with E-state index in [4.69, 9.17) is 4.98 Å². The number of hydrogen-bond acceptors (Lipinski definition) is 4. The number of aryl methyl sites for hydroxylation is 3. The van der Waals surface area contributed by atoms with E-state index in [9.17, 15) is 4.79 Å². The Balaban J connectivity index is 1.59. The zero-order chi connectivity index (χ0) is 17.6. The van der Waals surface area contributed by atoms with Gasteiger partial charge in [-0.1, -0.05) is 12.1 Å². The molecule has 1 N–H and O–H groups in total. The molecule has 0 spiro atoms. The Morgan fingerprint density at radius 1 is 1.28 bits per heavy atom. The van der Waals surface area contributed by atoms with Crippen LogP contribution in [0.1, 0.15) is 50.5 Å². The molecule has 3 heterocycles. The van der Waals surface area contributed by atoms with Crippen molar-refractivity contribution in [1.29, 1.82) is 0 Å². The highest BCUT2D eigenvalue weighted by atomic mass is 32.1. The quantitative estimate of drug-likeness (QED) is 0.757. The largest absolute Gasteiger partial charge is 0.342 e. The highest BCUT2D eigenvalue weighted by molar-refractivity contribution is 7.13. The first-order valence-corrected chi connectivity index (χ1v) is 9.53. The number of carbonyl (C=O) groups excluding carboxylic acids is 1. The zero-order valence-corrected chi connectivity index (χ0v) is 15.6. The van der Waals surface area contributed by atoms with E-state index < -0.39 is 0 Å². The second-order valence-electron chi connectivity index (χ2n) is 6.83. The van der Waals surface area contributed by atoms with Gasteiger partial charge in [-0.25, -0.2) is 9.97 Å². The number of nitrogens with one attached hydrogen (secondary N) is 1. The Kier molecular flexibility index (Phi) is 4.07. The minimum Gasteiger partial charge on any atom is -0.342 e. The SMILES string of the molecule is Cc1nc(C)c(C(=O)N2CCC[C@H](c3nc4c(C)cccc4[nH]3)C2)s1. The third-order valence-corrected chi connectivity index (χ3v) is 5.99. The summed E-state index contributed by atoms with van der Waals surface area (Å²) < 4.78 is 0. The molecule has 5 nitrogen and oxygen atoms in total. The molecule has 1 saturated heterocycles. The molecule has 1 amide bonds. The number of piperidine rings is 1. The molecule has 25 heavy (non-hydrogen) atoms. The number of H-pyrrole nitrogens is 1. The van der Waals surface area contributed by atoms with E-state index in [1.165, 1.54) is 16.9 Å². The lowest BCUT2D eigenvalue weighted by molar-refractivity contribution is 0.0709. The van der Waals surface area contributed by atoms with Gasteiger partial charge in [0.1, 0.15) is 10.7 Å². The number of benzene rings is 1. The second-order valence-corrected chi connectivity index (χ2v) is 8.03. The van der Waals surface area contributed by atoms with E-state index >= 15 is 0 Å². The van der Waals surface area contributed by atoms with Crippen molar-refractivity contribution in [2.75, 3.05) is 13.1 Å². The van der Waals surface area contributed by atoms with Gasteiger partial charge in [0.2, 0.25) is 0 Å². The minimum absolute atomic E-state index is 0.111. The van der Waals surface area contributed by atoms with Crippen molar-refractivity contribution >= 4 is 28.3 Å². The van der Waals surface area contributed by atoms with Gasteiger partial charge < -0.3 is 9.88 Å². The number of hydrogen-bond donors (Lipinski definition) is 1. The molecule has 6 heteroatoms. The van der Waals surface area contributed by atoms with Crippen LogP contribution >= 0.6 is 11.3 Å². The Morgan fingerprint density at radius 2 is 2.12 bits per heavy atom. The third kappa shape index (κ3) is 2.95. The monoisotopic (exact) mass is 354 g/mol. The van der Waals surface area contributed by atoms with Crippen LogP contribution in [0.5, 0.6) is 0 Å². The number of fused-ring (bicyclic) bond motifs is 1. The summed E-state index contributed by atoms with van der Waals surface area (Å²) in [6, 6.07) is 6.19. The van der Waals surface area contributed by atoms with Crippen LogP contribution < -0.4 is 0 Å². The van der Waals surface area contributed by atoms with Gasteiger partial charge in [0.05, 0.1) is 21.7 Å². The van der Waals surface area contributed by atoms with Gasteiger partial charge in [-0.15, -0.1) is 11.3 Å². The molecule has 1 aliphatic rings. The summed E-state index contributed by atoms with van der Waals surface area (Å²) in [5, 5.41) is 0.946. The maximum atomic E-state index is 12.9. The lowest BCUT2D eigenvalue weighted by Gasteiger charge is -2.31. The van der Waals surface area contributed by atoms with E-state index in [1.807, 2.05) is 24.8 Å². The first-order chi connectivity index (χ1) is 12.0. The molecule has 0 saturated carbocycles.